The van der Waals surface area contributed by atoms with Crippen molar-refractivity contribution in [3.8, 4) is 0 Å². The lowest BCUT2D eigenvalue weighted by atomic mass is 10.3. The van der Waals surface area contributed by atoms with E-state index < -0.39 is 0 Å². The molecule has 2 rings (SSSR count). The minimum Gasteiger partial charge on any atom is -0.323 e. The standard InChI is InChI=1S/C12H16N2OS/c1-16-11-7-8-14(9-11)12(15)13-10-5-3-2-4-6-10/h2-6,11H,7-9H2,1H3,(H,13,15)/t11-/m1/s1. The van der Waals surface area contributed by atoms with Crippen LogP contribution in [0.15, 0.2) is 30.3 Å². The van der Waals surface area contributed by atoms with Gasteiger partial charge >= 0.3 is 6.03 Å². The molecule has 4 heteroatoms. The summed E-state index contributed by atoms with van der Waals surface area (Å²) in [5.74, 6) is 0. The van der Waals surface area contributed by atoms with Gasteiger partial charge in [0.25, 0.3) is 0 Å². The van der Waals surface area contributed by atoms with Crippen LogP contribution in [0, 0.1) is 0 Å². The van der Waals surface area contributed by atoms with E-state index in [1.165, 1.54) is 0 Å². The molecule has 1 saturated heterocycles. The predicted molar refractivity (Wildman–Crippen MR) is 69.0 cm³/mol. The fourth-order valence-electron chi connectivity index (χ4n) is 1.83. The lowest BCUT2D eigenvalue weighted by Gasteiger charge is -2.16. The van der Waals surface area contributed by atoms with E-state index >= 15 is 0 Å². The molecule has 2 amide bonds. The molecule has 3 nitrogen and oxygen atoms in total. The highest BCUT2D eigenvalue weighted by Gasteiger charge is 2.25. The molecule has 0 radical (unpaired) electrons. The second-order valence-corrected chi connectivity index (χ2v) is 5.03. The maximum absolute atomic E-state index is 11.9. The number of nitrogens with zero attached hydrogens (tertiary/aromatic N) is 1. The van der Waals surface area contributed by atoms with Gasteiger partial charge in [-0.3, -0.25) is 0 Å². The van der Waals surface area contributed by atoms with Crippen LogP contribution in [0.3, 0.4) is 0 Å². The maximum Gasteiger partial charge on any atom is 0.321 e. The summed E-state index contributed by atoms with van der Waals surface area (Å²) in [6, 6.07) is 9.60. The average molecular weight is 236 g/mol. The molecule has 86 valence electrons. The number of para-hydroxylation sites is 1. The Balaban J connectivity index is 1.90. The quantitative estimate of drug-likeness (QED) is 0.856. The number of anilines is 1. The third-order valence-corrected chi connectivity index (χ3v) is 3.84. The summed E-state index contributed by atoms with van der Waals surface area (Å²) < 4.78 is 0. The van der Waals surface area contributed by atoms with Crippen molar-refractivity contribution in [2.75, 3.05) is 24.7 Å². The summed E-state index contributed by atoms with van der Waals surface area (Å²) >= 11 is 1.84. The molecule has 0 saturated carbocycles. The van der Waals surface area contributed by atoms with Crippen LogP contribution in [0.4, 0.5) is 10.5 Å². The Labute approximate surface area is 100 Å². The predicted octanol–water partition coefficient (Wildman–Crippen LogP) is 2.66. The Morgan fingerprint density at radius 1 is 1.44 bits per heavy atom. The molecule has 1 aromatic rings. The largest absolute Gasteiger partial charge is 0.323 e. The van der Waals surface area contributed by atoms with Gasteiger partial charge in [0.05, 0.1) is 0 Å². The fourth-order valence-corrected chi connectivity index (χ4v) is 2.50. The van der Waals surface area contributed by atoms with Crippen LogP contribution in [0.5, 0.6) is 0 Å². The highest BCUT2D eigenvalue weighted by atomic mass is 32.2. The molecule has 0 spiro atoms. The van der Waals surface area contributed by atoms with Crippen molar-refractivity contribution in [2.45, 2.75) is 11.7 Å². The Morgan fingerprint density at radius 2 is 2.19 bits per heavy atom. The van der Waals surface area contributed by atoms with E-state index in [4.69, 9.17) is 0 Å². The highest BCUT2D eigenvalue weighted by Crippen LogP contribution is 2.20. The monoisotopic (exact) mass is 236 g/mol. The van der Waals surface area contributed by atoms with E-state index in [0.29, 0.717) is 5.25 Å². The van der Waals surface area contributed by atoms with E-state index in [0.717, 1.165) is 25.2 Å². The minimum absolute atomic E-state index is 0.0164. The SMILES string of the molecule is CS[C@@H]1CCN(C(=O)Nc2ccccc2)C1. The van der Waals surface area contributed by atoms with Crippen molar-refractivity contribution in [1.29, 1.82) is 0 Å². The fraction of sp³-hybridized carbons (Fsp3) is 0.417. The van der Waals surface area contributed by atoms with Crippen LogP contribution in [-0.2, 0) is 0 Å². The number of thioether (sulfide) groups is 1. The second kappa shape index (κ2) is 5.25. The summed E-state index contributed by atoms with van der Waals surface area (Å²) in [7, 11) is 0. The topological polar surface area (TPSA) is 32.3 Å². The van der Waals surface area contributed by atoms with Crippen molar-refractivity contribution in [3.05, 3.63) is 30.3 Å². The number of amides is 2. The molecule has 0 aromatic heterocycles. The van der Waals surface area contributed by atoms with Gasteiger partial charge in [-0.1, -0.05) is 18.2 Å². The van der Waals surface area contributed by atoms with Crippen molar-refractivity contribution < 1.29 is 4.79 Å². The zero-order valence-corrected chi connectivity index (χ0v) is 10.2. The zero-order chi connectivity index (χ0) is 11.4. The van der Waals surface area contributed by atoms with Crippen molar-refractivity contribution in [3.63, 3.8) is 0 Å². The van der Waals surface area contributed by atoms with Gasteiger partial charge in [0, 0.05) is 24.0 Å². The third-order valence-electron chi connectivity index (χ3n) is 2.79. The first-order valence-corrected chi connectivity index (χ1v) is 6.72. The van der Waals surface area contributed by atoms with Gasteiger partial charge < -0.3 is 10.2 Å². The molecular formula is C12H16N2OS. The number of likely N-dealkylation sites (tertiary alicyclic amines) is 1. The van der Waals surface area contributed by atoms with Crippen LogP contribution in [-0.4, -0.2) is 35.5 Å². The number of benzene rings is 1. The molecule has 1 N–H and O–H groups in total. The zero-order valence-electron chi connectivity index (χ0n) is 9.35. The molecule has 16 heavy (non-hydrogen) atoms. The third kappa shape index (κ3) is 2.70. The Kier molecular flexibility index (Phi) is 3.72. The van der Waals surface area contributed by atoms with Gasteiger partial charge in [0.2, 0.25) is 0 Å². The lowest BCUT2D eigenvalue weighted by Crippen LogP contribution is -2.33. The molecule has 1 aliphatic rings. The minimum atomic E-state index is 0.0164. The lowest BCUT2D eigenvalue weighted by molar-refractivity contribution is 0.222. The summed E-state index contributed by atoms with van der Waals surface area (Å²) in [6.45, 7) is 1.73. The van der Waals surface area contributed by atoms with Gasteiger partial charge in [-0.25, -0.2) is 4.79 Å². The summed E-state index contributed by atoms with van der Waals surface area (Å²) in [4.78, 5) is 13.8. The van der Waals surface area contributed by atoms with Crippen molar-refractivity contribution in [2.24, 2.45) is 0 Å². The smallest absolute Gasteiger partial charge is 0.321 e. The van der Waals surface area contributed by atoms with Crippen LogP contribution < -0.4 is 5.32 Å². The summed E-state index contributed by atoms with van der Waals surface area (Å²) in [6.07, 6.45) is 3.20. The van der Waals surface area contributed by atoms with E-state index in [-0.39, 0.29) is 6.03 Å². The van der Waals surface area contributed by atoms with Crippen LogP contribution in [0.2, 0.25) is 0 Å². The first-order valence-electron chi connectivity index (χ1n) is 5.43. The number of carbonyl (C=O) groups excluding carboxylic acids is 1. The molecule has 0 unspecified atom stereocenters. The molecule has 1 aliphatic heterocycles. The van der Waals surface area contributed by atoms with Gasteiger partial charge in [-0.15, -0.1) is 0 Å². The first kappa shape index (κ1) is 11.3. The van der Waals surface area contributed by atoms with Gasteiger partial charge in [0.1, 0.15) is 0 Å². The molecule has 1 aromatic carbocycles. The van der Waals surface area contributed by atoms with E-state index in [2.05, 4.69) is 11.6 Å². The molecular weight excluding hydrogens is 220 g/mol. The molecule has 1 fully saturated rings. The van der Waals surface area contributed by atoms with Gasteiger partial charge in [0.15, 0.2) is 0 Å². The molecule has 0 bridgehead atoms. The van der Waals surface area contributed by atoms with Crippen molar-refractivity contribution >= 4 is 23.5 Å². The first-order chi connectivity index (χ1) is 7.79. The van der Waals surface area contributed by atoms with Gasteiger partial charge in [-0.05, 0) is 24.8 Å². The highest BCUT2D eigenvalue weighted by molar-refractivity contribution is 7.99. The molecule has 1 atom stereocenters. The Hall–Kier alpha value is -1.16. The van der Waals surface area contributed by atoms with Crippen LogP contribution in [0.25, 0.3) is 0 Å². The normalized spacial score (nSPS) is 19.8. The summed E-state index contributed by atoms with van der Waals surface area (Å²) in [5.41, 5.74) is 0.861. The van der Waals surface area contributed by atoms with E-state index in [1.54, 1.807) is 0 Å². The van der Waals surface area contributed by atoms with Crippen LogP contribution >= 0.6 is 11.8 Å². The second-order valence-electron chi connectivity index (χ2n) is 3.89. The Morgan fingerprint density at radius 3 is 2.81 bits per heavy atom. The van der Waals surface area contributed by atoms with Crippen molar-refractivity contribution in [1.82, 2.24) is 4.90 Å². The van der Waals surface area contributed by atoms with Crippen LogP contribution in [0.1, 0.15) is 6.42 Å². The number of urea groups is 1. The maximum atomic E-state index is 11.9. The van der Waals surface area contributed by atoms with Gasteiger partial charge in [-0.2, -0.15) is 11.8 Å². The number of hydrogen-bond acceptors (Lipinski definition) is 2. The van der Waals surface area contributed by atoms with E-state index in [1.807, 2.05) is 47.0 Å². The Bertz CT molecular complexity index is 355. The number of rotatable bonds is 2. The average Bonchev–Trinajstić information content (AvgIpc) is 2.79. The number of nitrogens with one attached hydrogen (secondary N) is 1. The molecule has 0 aliphatic carbocycles. The number of carbonyl (C=O) groups is 1. The van der Waals surface area contributed by atoms with E-state index in [9.17, 15) is 4.79 Å². The number of hydrogen-bond donors (Lipinski definition) is 1. The summed E-state index contributed by atoms with van der Waals surface area (Å²) in [5, 5.41) is 3.50. The molecule has 1 heterocycles.